The zero-order chi connectivity index (χ0) is 27.5. The highest BCUT2D eigenvalue weighted by atomic mass is 19.4. The van der Waals surface area contributed by atoms with Gasteiger partial charge in [0.05, 0.1) is 31.0 Å². The quantitative estimate of drug-likeness (QED) is 0.420. The van der Waals surface area contributed by atoms with E-state index in [9.17, 15) is 27.1 Å². The van der Waals surface area contributed by atoms with Gasteiger partial charge in [0.15, 0.2) is 11.6 Å². The lowest BCUT2D eigenvalue weighted by Gasteiger charge is -2.45. The van der Waals surface area contributed by atoms with Gasteiger partial charge in [0, 0.05) is 38.0 Å². The van der Waals surface area contributed by atoms with Gasteiger partial charge in [-0.3, -0.25) is 9.80 Å². The number of alkyl halides is 5. The van der Waals surface area contributed by atoms with E-state index < -0.39 is 61.2 Å². The second kappa shape index (κ2) is 9.51. The number of aromatic nitrogens is 3. The minimum atomic E-state index is -4.34. The number of rotatable bonds is 6. The van der Waals surface area contributed by atoms with Gasteiger partial charge < -0.3 is 20.3 Å². The maximum atomic E-state index is 14.8. The first-order valence-corrected chi connectivity index (χ1v) is 12.7. The van der Waals surface area contributed by atoms with Gasteiger partial charge in [-0.25, -0.2) is 18.3 Å². The van der Waals surface area contributed by atoms with E-state index in [0.29, 0.717) is 23.4 Å². The number of hydrogen-bond donors (Lipinski definition) is 2. The summed E-state index contributed by atoms with van der Waals surface area (Å²) in [6.07, 6.45) is -4.50. The number of anilines is 1. The van der Waals surface area contributed by atoms with Crippen LogP contribution in [0.25, 0.3) is 5.52 Å². The Balaban J connectivity index is 1.36. The Morgan fingerprint density at radius 1 is 1.21 bits per heavy atom. The molecule has 212 valence electrons. The molecule has 14 heteroatoms. The van der Waals surface area contributed by atoms with Crippen molar-refractivity contribution in [3.63, 3.8) is 0 Å². The van der Waals surface area contributed by atoms with Crippen molar-refractivity contribution in [1.29, 1.82) is 0 Å². The molecule has 0 aliphatic carbocycles. The highest BCUT2D eigenvalue weighted by Gasteiger charge is 2.57. The number of piperidine rings is 1. The van der Waals surface area contributed by atoms with E-state index in [-0.39, 0.29) is 32.5 Å². The van der Waals surface area contributed by atoms with Crippen LogP contribution in [0.4, 0.5) is 27.8 Å². The summed E-state index contributed by atoms with van der Waals surface area (Å²) in [6.45, 7) is 1.67. The van der Waals surface area contributed by atoms with Gasteiger partial charge in [-0.15, -0.1) is 0 Å². The topological polar surface area (TPSA) is 101 Å². The molecule has 0 bridgehead atoms. The lowest BCUT2D eigenvalue weighted by atomic mass is 9.84. The molecule has 2 aromatic rings. The Morgan fingerprint density at radius 2 is 1.92 bits per heavy atom. The number of ether oxygens (including phenoxy) is 2. The third kappa shape index (κ3) is 5.74. The molecule has 3 aliphatic rings. The highest BCUT2D eigenvalue weighted by molar-refractivity contribution is 5.65. The van der Waals surface area contributed by atoms with E-state index in [1.165, 1.54) is 25.1 Å². The fourth-order valence-corrected chi connectivity index (χ4v) is 6.22. The summed E-state index contributed by atoms with van der Waals surface area (Å²) >= 11 is 0. The highest BCUT2D eigenvalue weighted by Crippen LogP contribution is 2.47. The van der Waals surface area contributed by atoms with Crippen LogP contribution in [-0.4, -0.2) is 97.9 Å². The molecule has 3 aliphatic heterocycles. The van der Waals surface area contributed by atoms with E-state index in [1.54, 1.807) is 21.5 Å². The summed E-state index contributed by atoms with van der Waals surface area (Å²) in [5.41, 5.74) is 6.29. The molecule has 0 amide bonds. The number of nitrogen functional groups attached to an aromatic ring is 1. The number of fused-ring (bicyclic) bond motifs is 1. The maximum Gasteiger partial charge on any atom is 0.401 e. The smallest absolute Gasteiger partial charge is 0.382 e. The molecule has 5 rings (SSSR count). The second-order valence-corrected chi connectivity index (χ2v) is 11.2. The molecule has 3 atom stereocenters. The number of hydrogen-bond acceptors (Lipinski definition) is 8. The van der Waals surface area contributed by atoms with Crippen LogP contribution < -0.4 is 5.73 Å². The monoisotopic (exact) mass is 548 g/mol. The van der Waals surface area contributed by atoms with Crippen LogP contribution in [-0.2, 0) is 9.47 Å². The maximum absolute atomic E-state index is 14.8. The van der Waals surface area contributed by atoms with Crippen LogP contribution in [0.1, 0.15) is 51.3 Å². The SMILES string of the molecule is CC(C)(O)O[C@H]1C[C@H](c2ccc3c(N)ncnn23)O[C@@H]1CN1CC(F)(F)CC12CCN(CC(F)(F)F)CC2. The van der Waals surface area contributed by atoms with Crippen molar-refractivity contribution in [2.45, 2.75) is 81.3 Å². The van der Waals surface area contributed by atoms with Gasteiger partial charge in [-0.2, -0.15) is 18.3 Å². The van der Waals surface area contributed by atoms with E-state index >= 15 is 0 Å². The molecule has 2 aromatic heterocycles. The van der Waals surface area contributed by atoms with Gasteiger partial charge in [-0.1, -0.05) is 0 Å². The normalized spacial score (nSPS) is 28.6. The van der Waals surface area contributed by atoms with Gasteiger partial charge in [0.1, 0.15) is 17.9 Å². The molecule has 38 heavy (non-hydrogen) atoms. The summed E-state index contributed by atoms with van der Waals surface area (Å²) in [5.74, 6) is -4.17. The van der Waals surface area contributed by atoms with Crippen molar-refractivity contribution in [1.82, 2.24) is 24.4 Å². The standard InChI is InChI=1S/C24H33F5N6O3/c1-21(2,36)38-18-9-17(15-3-4-16-20(30)31-14-32-35(15)16)37-19(18)10-34-12-23(25,26)11-22(34)5-7-33(8-6-22)13-24(27,28)29/h3-4,14,17-19,36H,5-13H2,1-2H3,(H2,30,31,32)/t17-,18+,19-/m1/s1. The number of nitrogens with zero attached hydrogens (tertiary/aromatic N) is 5. The average molecular weight is 549 g/mol. The fraction of sp³-hybridized carbons (Fsp3) is 0.750. The van der Waals surface area contributed by atoms with Crippen molar-refractivity contribution in [2.75, 3.05) is 38.5 Å². The predicted molar refractivity (Wildman–Crippen MR) is 126 cm³/mol. The van der Waals surface area contributed by atoms with Crippen molar-refractivity contribution in [3.8, 4) is 0 Å². The molecule has 5 heterocycles. The van der Waals surface area contributed by atoms with E-state index in [1.807, 2.05) is 0 Å². The number of nitrogens with two attached hydrogens (primary N) is 1. The van der Waals surface area contributed by atoms with Crippen LogP contribution in [0.15, 0.2) is 18.5 Å². The molecule has 9 nitrogen and oxygen atoms in total. The van der Waals surface area contributed by atoms with Crippen LogP contribution in [0.3, 0.4) is 0 Å². The average Bonchev–Trinajstić information content (AvgIpc) is 3.43. The Bertz CT molecular complexity index is 1140. The Kier molecular flexibility index (Phi) is 6.86. The van der Waals surface area contributed by atoms with Crippen LogP contribution in [0.2, 0.25) is 0 Å². The van der Waals surface area contributed by atoms with Crippen molar-refractivity contribution < 1.29 is 36.5 Å². The number of halogens is 5. The molecule has 0 aromatic carbocycles. The zero-order valence-corrected chi connectivity index (χ0v) is 21.3. The zero-order valence-electron chi connectivity index (χ0n) is 21.3. The third-order valence-corrected chi connectivity index (χ3v) is 7.75. The molecular weight excluding hydrogens is 515 g/mol. The second-order valence-electron chi connectivity index (χ2n) is 11.2. The summed E-state index contributed by atoms with van der Waals surface area (Å²) < 4.78 is 82.1. The van der Waals surface area contributed by atoms with Crippen molar-refractivity contribution >= 4 is 11.3 Å². The first-order chi connectivity index (χ1) is 17.6. The minimum Gasteiger partial charge on any atom is -0.382 e. The fourth-order valence-electron chi connectivity index (χ4n) is 6.22. The lowest BCUT2D eigenvalue weighted by molar-refractivity contribution is -0.216. The Labute approximate surface area is 216 Å². The largest absolute Gasteiger partial charge is 0.401 e. The van der Waals surface area contributed by atoms with Crippen LogP contribution in [0, 0.1) is 0 Å². The summed E-state index contributed by atoms with van der Waals surface area (Å²) in [5, 5.41) is 14.6. The summed E-state index contributed by atoms with van der Waals surface area (Å²) in [4.78, 5) is 6.92. The predicted octanol–water partition coefficient (Wildman–Crippen LogP) is 2.99. The molecule has 3 saturated heterocycles. The summed E-state index contributed by atoms with van der Waals surface area (Å²) in [6, 6.07) is 3.56. The van der Waals surface area contributed by atoms with Crippen molar-refractivity contribution in [3.05, 3.63) is 24.2 Å². The van der Waals surface area contributed by atoms with E-state index in [0.717, 1.165) is 0 Å². The lowest BCUT2D eigenvalue weighted by Crippen LogP contribution is -2.55. The Hall–Kier alpha value is -2.13. The molecule has 0 radical (unpaired) electrons. The molecule has 0 unspecified atom stereocenters. The third-order valence-electron chi connectivity index (χ3n) is 7.75. The molecular formula is C24H33F5N6O3. The molecule has 3 N–H and O–H groups in total. The van der Waals surface area contributed by atoms with Crippen LogP contribution in [0.5, 0.6) is 0 Å². The first kappa shape index (κ1) is 27.4. The van der Waals surface area contributed by atoms with Crippen LogP contribution >= 0.6 is 0 Å². The van der Waals surface area contributed by atoms with Gasteiger partial charge in [0.25, 0.3) is 5.92 Å². The minimum absolute atomic E-state index is 0.0844. The van der Waals surface area contributed by atoms with Crippen molar-refractivity contribution in [2.24, 2.45) is 0 Å². The molecule has 0 saturated carbocycles. The number of aliphatic hydroxyl groups is 1. The Morgan fingerprint density at radius 3 is 2.58 bits per heavy atom. The van der Waals surface area contributed by atoms with E-state index in [4.69, 9.17) is 15.2 Å². The summed E-state index contributed by atoms with van der Waals surface area (Å²) in [7, 11) is 0. The van der Waals surface area contributed by atoms with E-state index in [2.05, 4.69) is 10.1 Å². The first-order valence-electron chi connectivity index (χ1n) is 12.7. The van der Waals surface area contributed by atoms with Gasteiger partial charge >= 0.3 is 6.18 Å². The van der Waals surface area contributed by atoms with Gasteiger partial charge in [0.2, 0.25) is 0 Å². The van der Waals surface area contributed by atoms with Gasteiger partial charge in [-0.05, 0) is 38.8 Å². The molecule has 1 spiro atoms. The molecule has 3 fully saturated rings. The number of likely N-dealkylation sites (tertiary alicyclic amines) is 2.